The van der Waals surface area contributed by atoms with E-state index in [0.717, 1.165) is 27.1 Å². The van der Waals surface area contributed by atoms with Gasteiger partial charge in [-0.3, -0.25) is 4.79 Å². The molecule has 2 aromatic carbocycles. The van der Waals surface area contributed by atoms with E-state index in [1.807, 2.05) is 57.2 Å². The van der Waals surface area contributed by atoms with Gasteiger partial charge in [0.05, 0.1) is 16.1 Å². The highest BCUT2D eigenvalue weighted by Crippen LogP contribution is 2.39. The van der Waals surface area contributed by atoms with Crippen molar-refractivity contribution >= 4 is 38.7 Å². The third kappa shape index (κ3) is 4.45. The van der Waals surface area contributed by atoms with Crippen molar-refractivity contribution in [1.82, 2.24) is 9.88 Å². The number of rotatable bonds is 3. The second-order valence-electron chi connectivity index (χ2n) is 9.14. The van der Waals surface area contributed by atoms with E-state index in [1.54, 1.807) is 4.90 Å². The van der Waals surface area contributed by atoms with E-state index in [4.69, 9.17) is 19.2 Å². The fourth-order valence-electron chi connectivity index (χ4n) is 3.97. The fourth-order valence-corrected chi connectivity index (χ4v) is 4.87. The molecule has 172 valence electrons. The first-order chi connectivity index (χ1) is 15.8. The molecule has 0 aliphatic carbocycles. The molecule has 9 heteroatoms. The van der Waals surface area contributed by atoms with Gasteiger partial charge in [0, 0.05) is 18.7 Å². The lowest BCUT2D eigenvalue weighted by Crippen LogP contribution is -2.36. The van der Waals surface area contributed by atoms with Gasteiger partial charge in [0.15, 0.2) is 16.6 Å². The lowest BCUT2D eigenvalue weighted by atomic mass is 10.0. The van der Waals surface area contributed by atoms with Crippen LogP contribution in [0.25, 0.3) is 21.3 Å². The van der Waals surface area contributed by atoms with Gasteiger partial charge in [-0.2, -0.15) is 0 Å². The van der Waals surface area contributed by atoms with E-state index < -0.39 is 5.60 Å². The Morgan fingerprint density at radius 2 is 2.00 bits per heavy atom. The highest BCUT2D eigenvalue weighted by atomic mass is 32.1. The van der Waals surface area contributed by atoms with Crippen LogP contribution in [0.15, 0.2) is 36.4 Å². The Kier molecular flexibility index (Phi) is 5.36. The summed E-state index contributed by atoms with van der Waals surface area (Å²) in [5, 5.41) is 3.49. The molecule has 33 heavy (non-hydrogen) atoms. The van der Waals surface area contributed by atoms with Gasteiger partial charge in [-0.1, -0.05) is 29.5 Å². The summed E-state index contributed by atoms with van der Waals surface area (Å²) < 4.78 is 17.3. The van der Waals surface area contributed by atoms with Gasteiger partial charge in [-0.25, -0.2) is 9.78 Å². The van der Waals surface area contributed by atoms with Crippen LogP contribution in [0.5, 0.6) is 11.5 Å². The Morgan fingerprint density at radius 3 is 2.82 bits per heavy atom. The number of carbonyl (C=O) groups excluding carboxylic acids is 2. The molecule has 1 fully saturated rings. The second-order valence-corrected chi connectivity index (χ2v) is 10.2. The number of para-hydroxylation sites is 1. The zero-order valence-electron chi connectivity index (χ0n) is 18.7. The molecule has 0 radical (unpaired) electrons. The summed E-state index contributed by atoms with van der Waals surface area (Å²) in [7, 11) is 0. The van der Waals surface area contributed by atoms with Crippen molar-refractivity contribution in [3.8, 4) is 22.6 Å². The number of benzene rings is 2. The summed E-state index contributed by atoms with van der Waals surface area (Å²) >= 11 is 1.43. The molecule has 2 amide bonds. The van der Waals surface area contributed by atoms with Crippen LogP contribution in [0, 0.1) is 5.92 Å². The maximum atomic E-state index is 12.9. The summed E-state index contributed by atoms with van der Waals surface area (Å²) in [6.45, 7) is 6.56. The number of nitrogens with one attached hydrogen (secondary N) is 1. The number of amides is 2. The van der Waals surface area contributed by atoms with Crippen molar-refractivity contribution in [2.75, 3.05) is 25.2 Å². The summed E-state index contributed by atoms with van der Waals surface area (Å²) in [6, 6.07) is 11.8. The number of hydrogen-bond donors (Lipinski definition) is 1. The topological polar surface area (TPSA) is 90.0 Å². The molecule has 0 saturated carbocycles. The number of fused-ring (bicyclic) bond motifs is 2. The van der Waals surface area contributed by atoms with Gasteiger partial charge in [-0.05, 0) is 51.0 Å². The first-order valence-corrected chi connectivity index (χ1v) is 11.7. The number of likely N-dealkylation sites (tertiary alicyclic amines) is 1. The van der Waals surface area contributed by atoms with Crippen molar-refractivity contribution in [3.63, 3.8) is 0 Å². The van der Waals surface area contributed by atoms with Gasteiger partial charge in [0.1, 0.15) is 5.60 Å². The Bertz CT molecular complexity index is 1230. The lowest BCUT2D eigenvalue weighted by Gasteiger charge is -2.24. The molecule has 1 atom stereocenters. The second kappa shape index (κ2) is 8.22. The average molecular weight is 468 g/mol. The predicted molar refractivity (Wildman–Crippen MR) is 126 cm³/mol. The number of nitrogens with zero attached hydrogens (tertiary/aromatic N) is 2. The first-order valence-electron chi connectivity index (χ1n) is 10.9. The Hall–Kier alpha value is -3.33. The largest absolute Gasteiger partial charge is 0.454 e. The van der Waals surface area contributed by atoms with Crippen molar-refractivity contribution in [1.29, 1.82) is 0 Å². The molecule has 1 aromatic heterocycles. The maximum absolute atomic E-state index is 12.9. The zero-order chi connectivity index (χ0) is 23.2. The fraction of sp³-hybridized carbons (Fsp3) is 0.375. The van der Waals surface area contributed by atoms with Gasteiger partial charge in [0.25, 0.3) is 0 Å². The molecular weight excluding hydrogens is 442 g/mol. The van der Waals surface area contributed by atoms with Gasteiger partial charge >= 0.3 is 6.09 Å². The quantitative estimate of drug-likeness (QED) is 0.590. The summed E-state index contributed by atoms with van der Waals surface area (Å²) in [5.74, 6) is 1.01. The smallest absolute Gasteiger partial charge is 0.410 e. The molecule has 2 aliphatic rings. The minimum absolute atomic E-state index is 0.134. The molecule has 3 heterocycles. The molecule has 0 unspecified atom stereocenters. The van der Waals surface area contributed by atoms with Crippen LogP contribution in [-0.4, -0.2) is 47.4 Å². The van der Waals surface area contributed by atoms with Crippen molar-refractivity contribution in [2.24, 2.45) is 5.92 Å². The van der Waals surface area contributed by atoms with Crippen LogP contribution in [0.4, 0.5) is 9.93 Å². The molecule has 2 aliphatic heterocycles. The zero-order valence-corrected chi connectivity index (χ0v) is 19.5. The van der Waals surface area contributed by atoms with Crippen LogP contribution in [0.1, 0.15) is 27.2 Å². The Morgan fingerprint density at radius 1 is 1.18 bits per heavy atom. The van der Waals surface area contributed by atoms with Crippen LogP contribution in [-0.2, 0) is 9.53 Å². The third-order valence-electron chi connectivity index (χ3n) is 5.54. The summed E-state index contributed by atoms with van der Waals surface area (Å²) in [6.07, 6.45) is 0.212. The molecule has 3 aromatic rings. The molecular formula is C24H25N3O5S. The maximum Gasteiger partial charge on any atom is 0.410 e. The van der Waals surface area contributed by atoms with Crippen molar-refractivity contribution < 1.29 is 23.8 Å². The molecule has 8 nitrogen and oxygen atoms in total. The van der Waals surface area contributed by atoms with Crippen LogP contribution in [0.2, 0.25) is 0 Å². The average Bonchev–Trinajstić information content (AvgIpc) is 3.49. The minimum Gasteiger partial charge on any atom is -0.454 e. The van der Waals surface area contributed by atoms with Crippen LogP contribution in [0.3, 0.4) is 0 Å². The van der Waals surface area contributed by atoms with Crippen LogP contribution >= 0.6 is 11.3 Å². The number of anilines is 1. The van der Waals surface area contributed by atoms with Crippen molar-refractivity contribution in [2.45, 2.75) is 32.8 Å². The highest BCUT2D eigenvalue weighted by molar-refractivity contribution is 7.22. The third-order valence-corrected chi connectivity index (χ3v) is 6.48. The molecule has 1 saturated heterocycles. The molecule has 0 spiro atoms. The molecule has 5 rings (SSSR count). The summed E-state index contributed by atoms with van der Waals surface area (Å²) in [5.41, 5.74) is 2.18. The standard InChI is InChI=1S/C24H25N3O5S/c1-24(2,3)32-23(29)27-10-9-15(12-27)21(28)26-22-25-20-16(5-4-6-19(20)33-22)14-7-8-17-18(11-14)31-13-30-17/h4-8,11,15H,9-10,12-13H2,1-3H3,(H,25,26,28)/t15-/m0/s1. The normalized spacial score (nSPS) is 17.4. The van der Waals surface area contributed by atoms with E-state index >= 15 is 0 Å². The van der Waals surface area contributed by atoms with E-state index in [-0.39, 0.29) is 24.7 Å². The summed E-state index contributed by atoms with van der Waals surface area (Å²) in [4.78, 5) is 31.5. The van der Waals surface area contributed by atoms with E-state index in [2.05, 4.69) is 5.32 Å². The number of thiazole rings is 1. The van der Waals surface area contributed by atoms with Gasteiger partial charge in [0.2, 0.25) is 12.7 Å². The highest BCUT2D eigenvalue weighted by Gasteiger charge is 2.33. The van der Waals surface area contributed by atoms with E-state index in [1.165, 1.54) is 11.3 Å². The number of ether oxygens (including phenoxy) is 3. The van der Waals surface area contributed by atoms with Crippen LogP contribution < -0.4 is 14.8 Å². The Labute approximate surface area is 195 Å². The SMILES string of the molecule is CC(C)(C)OC(=O)N1CC[C@H](C(=O)Nc2nc3c(-c4ccc5c(c4)OCO5)cccc3s2)C1. The Balaban J connectivity index is 1.31. The lowest BCUT2D eigenvalue weighted by molar-refractivity contribution is -0.119. The van der Waals surface area contributed by atoms with Gasteiger partial charge in [-0.15, -0.1) is 0 Å². The predicted octanol–water partition coefficient (Wildman–Crippen LogP) is 4.89. The van der Waals surface area contributed by atoms with E-state index in [9.17, 15) is 9.59 Å². The monoisotopic (exact) mass is 467 g/mol. The van der Waals surface area contributed by atoms with E-state index in [0.29, 0.717) is 30.4 Å². The number of hydrogen-bond acceptors (Lipinski definition) is 7. The minimum atomic E-state index is -0.561. The van der Waals surface area contributed by atoms with Crippen molar-refractivity contribution in [3.05, 3.63) is 36.4 Å². The van der Waals surface area contributed by atoms with Gasteiger partial charge < -0.3 is 24.4 Å². The number of carbonyl (C=O) groups is 2. The molecule has 1 N–H and O–H groups in total. The first kappa shape index (κ1) is 21.5. The number of aromatic nitrogens is 1. The molecule has 0 bridgehead atoms.